The normalized spacial score (nSPS) is 9.56. The van der Waals surface area contributed by atoms with E-state index in [1.54, 1.807) is 36.4 Å². The first-order valence-corrected chi connectivity index (χ1v) is 9.21. The molecule has 0 amide bonds. The van der Waals surface area contributed by atoms with Crippen LogP contribution < -0.4 is 0 Å². The molecule has 0 unspecified atom stereocenters. The maximum Gasteiger partial charge on any atom is 0.123 e. The van der Waals surface area contributed by atoms with Gasteiger partial charge in [0.25, 0.3) is 0 Å². The highest BCUT2D eigenvalue weighted by Crippen LogP contribution is 2.03. The zero-order valence-corrected chi connectivity index (χ0v) is 16.2. The van der Waals surface area contributed by atoms with E-state index in [0.29, 0.717) is 0 Å². The lowest BCUT2D eigenvalue weighted by atomic mass is 10.2. The second-order valence-corrected chi connectivity index (χ2v) is 5.94. The van der Waals surface area contributed by atoms with Crippen molar-refractivity contribution in [3.63, 3.8) is 0 Å². The Morgan fingerprint density at radius 3 is 0.741 bits per heavy atom. The minimum atomic E-state index is -0.160. The smallest absolute Gasteiger partial charge is 0.123 e. The van der Waals surface area contributed by atoms with E-state index in [2.05, 4.69) is 0 Å². The van der Waals surface area contributed by atoms with Gasteiger partial charge in [0.15, 0.2) is 0 Å². The molecule has 0 bridgehead atoms. The topological polar surface area (TPSA) is 0 Å². The highest BCUT2D eigenvalue weighted by atomic mass is 19.1. The van der Waals surface area contributed by atoms with Crippen LogP contribution in [-0.2, 0) is 19.3 Å². The molecule has 0 aliphatic rings. The van der Waals surface area contributed by atoms with Crippen LogP contribution in [0.4, 0.5) is 13.2 Å². The van der Waals surface area contributed by atoms with E-state index >= 15 is 0 Å². The molecule has 0 aliphatic heterocycles. The first kappa shape index (κ1) is 22.5. The first-order valence-electron chi connectivity index (χ1n) is 9.21. The van der Waals surface area contributed by atoms with Gasteiger partial charge in [-0.15, -0.1) is 0 Å². The molecule has 3 aromatic rings. The molecule has 0 saturated carbocycles. The molecule has 0 aliphatic carbocycles. The second kappa shape index (κ2) is 12.7. The second-order valence-electron chi connectivity index (χ2n) is 5.94. The zero-order valence-electron chi connectivity index (χ0n) is 16.2. The number of rotatable bonds is 3. The van der Waals surface area contributed by atoms with Crippen LogP contribution in [0.3, 0.4) is 0 Å². The summed E-state index contributed by atoms with van der Waals surface area (Å²) in [6.07, 6.45) is 2.92. The average molecular weight is 372 g/mol. The van der Waals surface area contributed by atoms with Gasteiger partial charge in [-0.05, 0) is 72.4 Å². The van der Waals surface area contributed by atoms with Gasteiger partial charge in [0.2, 0.25) is 0 Å². The van der Waals surface area contributed by atoms with Gasteiger partial charge in [0.1, 0.15) is 17.5 Å². The molecular formula is C24H27F3. The highest BCUT2D eigenvalue weighted by Gasteiger charge is 1.89. The summed E-state index contributed by atoms with van der Waals surface area (Å²) >= 11 is 0. The number of aryl methyl sites for hydroxylation is 3. The fraction of sp³-hybridized carbons (Fsp3) is 0.250. The molecule has 3 rings (SSSR count). The SMILES string of the molecule is CCc1ccc(F)cc1.CCc1ccc(F)cc1.CCc1ccc(F)cc1. The average Bonchev–Trinajstić information content (AvgIpc) is 2.71. The fourth-order valence-corrected chi connectivity index (χ4v) is 2.16. The van der Waals surface area contributed by atoms with Gasteiger partial charge < -0.3 is 0 Å². The monoisotopic (exact) mass is 372 g/mol. The maximum atomic E-state index is 12.2. The van der Waals surface area contributed by atoms with E-state index in [-0.39, 0.29) is 17.5 Å². The summed E-state index contributed by atoms with van der Waals surface area (Å²) in [6, 6.07) is 19.7. The Morgan fingerprint density at radius 2 is 0.593 bits per heavy atom. The van der Waals surface area contributed by atoms with Crippen molar-refractivity contribution in [1.82, 2.24) is 0 Å². The van der Waals surface area contributed by atoms with Crippen molar-refractivity contribution in [3.8, 4) is 0 Å². The number of hydrogen-bond acceptors (Lipinski definition) is 0. The number of halogens is 3. The van der Waals surface area contributed by atoms with Gasteiger partial charge >= 0.3 is 0 Å². The minimum Gasteiger partial charge on any atom is -0.207 e. The summed E-state index contributed by atoms with van der Waals surface area (Å²) in [5.41, 5.74) is 3.53. The van der Waals surface area contributed by atoms with Gasteiger partial charge in [-0.25, -0.2) is 13.2 Å². The molecule has 0 N–H and O–H groups in total. The molecule has 3 heteroatoms. The van der Waals surface area contributed by atoms with Crippen LogP contribution in [0, 0.1) is 17.5 Å². The van der Waals surface area contributed by atoms with Gasteiger partial charge in [-0.2, -0.15) is 0 Å². The van der Waals surface area contributed by atoms with E-state index < -0.39 is 0 Å². The van der Waals surface area contributed by atoms with E-state index in [9.17, 15) is 13.2 Å². The Morgan fingerprint density at radius 1 is 0.407 bits per heavy atom. The predicted molar refractivity (Wildman–Crippen MR) is 107 cm³/mol. The van der Waals surface area contributed by atoms with Crippen LogP contribution in [0.15, 0.2) is 72.8 Å². The van der Waals surface area contributed by atoms with Crippen molar-refractivity contribution in [2.45, 2.75) is 40.0 Å². The van der Waals surface area contributed by atoms with E-state index in [4.69, 9.17) is 0 Å². The van der Waals surface area contributed by atoms with Gasteiger partial charge in [0.05, 0.1) is 0 Å². The molecule has 144 valence electrons. The Kier molecular flexibility index (Phi) is 10.6. The molecule has 0 radical (unpaired) electrons. The maximum absolute atomic E-state index is 12.2. The summed E-state index contributed by atoms with van der Waals surface area (Å²) < 4.78 is 36.7. The molecule has 0 saturated heterocycles. The summed E-state index contributed by atoms with van der Waals surface area (Å²) in [7, 11) is 0. The van der Waals surface area contributed by atoms with Crippen molar-refractivity contribution in [3.05, 3.63) is 107 Å². The van der Waals surface area contributed by atoms with Crippen LogP contribution in [0.1, 0.15) is 37.5 Å². The summed E-state index contributed by atoms with van der Waals surface area (Å²) in [6.45, 7) is 6.15. The van der Waals surface area contributed by atoms with Crippen LogP contribution in [0.25, 0.3) is 0 Å². The Labute approximate surface area is 160 Å². The van der Waals surface area contributed by atoms with Crippen LogP contribution >= 0.6 is 0 Å². The van der Waals surface area contributed by atoms with Gasteiger partial charge in [-0.1, -0.05) is 57.2 Å². The quantitative estimate of drug-likeness (QED) is 0.457. The molecule has 0 spiro atoms. The van der Waals surface area contributed by atoms with Crippen LogP contribution in [0.5, 0.6) is 0 Å². The van der Waals surface area contributed by atoms with Crippen LogP contribution in [-0.4, -0.2) is 0 Å². The van der Waals surface area contributed by atoms with Crippen molar-refractivity contribution in [1.29, 1.82) is 0 Å². The summed E-state index contributed by atoms with van der Waals surface area (Å²) in [4.78, 5) is 0. The summed E-state index contributed by atoms with van der Waals surface area (Å²) in [5.74, 6) is -0.480. The Hall–Kier alpha value is -2.55. The van der Waals surface area contributed by atoms with Crippen molar-refractivity contribution in [2.24, 2.45) is 0 Å². The standard InChI is InChI=1S/3C8H9F/c3*1-2-7-3-5-8(9)6-4-7/h3*3-6H,2H2,1H3. The minimum absolute atomic E-state index is 0.160. The molecule has 0 atom stereocenters. The third-order valence-corrected chi connectivity index (χ3v) is 3.96. The van der Waals surface area contributed by atoms with E-state index in [1.807, 2.05) is 20.8 Å². The third-order valence-electron chi connectivity index (χ3n) is 3.96. The van der Waals surface area contributed by atoms with Crippen molar-refractivity contribution >= 4 is 0 Å². The molecule has 0 heterocycles. The highest BCUT2D eigenvalue weighted by molar-refractivity contribution is 5.16. The molecule has 0 nitrogen and oxygen atoms in total. The lowest BCUT2D eigenvalue weighted by molar-refractivity contribution is 0.626. The zero-order chi connectivity index (χ0) is 20.1. The first-order chi connectivity index (χ1) is 13.0. The largest absolute Gasteiger partial charge is 0.207 e. The molecular weight excluding hydrogens is 345 g/mol. The number of benzene rings is 3. The molecule has 0 aromatic heterocycles. The van der Waals surface area contributed by atoms with Crippen molar-refractivity contribution < 1.29 is 13.2 Å². The molecule has 3 aromatic carbocycles. The lowest BCUT2D eigenvalue weighted by Crippen LogP contribution is -1.78. The summed E-state index contributed by atoms with van der Waals surface area (Å²) in [5, 5.41) is 0. The van der Waals surface area contributed by atoms with Crippen molar-refractivity contribution in [2.75, 3.05) is 0 Å². The van der Waals surface area contributed by atoms with E-state index in [0.717, 1.165) is 19.3 Å². The molecule has 27 heavy (non-hydrogen) atoms. The lowest BCUT2D eigenvalue weighted by Gasteiger charge is -1.92. The molecule has 0 fully saturated rings. The van der Waals surface area contributed by atoms with Gasteiger partial charge in [-0.3, -0.25) is 0 Å². The number of hydrogen-bond donors (Lipinski definition) is 0. The Bertz CT molecular complexity index is 637. The fourth-order valence-electron chi connectivity index (χ4n) is 2.16. The Balaban J connectivity index is 0.000000202. The van der Waals surface area contributed by atoms with Gasteiger partial charge in [0, 0.05) is 0 Å². The van der Waals surface area contributed by atoms with Crippen LogP contribution in [0.2, 0.25) is 0 Å². The third kappa shape index (κ3) is 9.64. The van der Waals surface area contributed by atoms with E-state index in [1.165, 1.54) is 53.1 Å². The predicted octanol–water partition coefficient (Wildman–Crippen LogP) is 7.16.